The molecule has 2 aromatic rings. The molecule has 2 aromatic carbocycles. The van der Waals surface area contributed by atoms with Crippen LogP contribution >= 0.6 is 27.5 Å². The number of carbonyl (C=O) groups excluding carboxylic acids is 2. The number of hydrazone groups is 1. The third kappa shape index (κ3) is 6.97. The minimum absolute atomic E-state index is 0.0371. The molecule has 0 spiro atoms. The van der Waals surface area contributed by atoms with Crippen molar-refractivity contribution in [1.29, 1.82) is 0 Å². The van der Waals surface area contributed by atoms with Crippen LogP contribution in [0.4, 0.5) is 18.9 Å². The minimum atomic E-state index is -4.56. The second-order valence-corrected chi connectivity index (χ2v) is 6.91. The molecule has 10 heteroatoms. The van der Waals surface area contributed by atoms with Crippen molar-refractivity contribution in [3.05, 3.63) is 63.1 Å². The van der Waals surface area contributed by atoms with Crippen LogP contribution in [0.1, 0.15) is 24.0 Å². The van der Waals surface area contributed by atoms with Gasteiger partial charge < -0.3 is 5.32 Å². The molecule has 2 N–H and O–H groups in total. The van der Waals surface area contributed by atoms with Crippen molar-refractivity contribution < 1.29 is 22.8 Å². The molecule has 0 unspecified atom stereocenters. The third-order valence-electron chi connectivity index (χ3n) is 3.42. The molecule has 5 nitrogen and oxygen atoms in total. The summed E-state index contributed by atoms with van der Waals surface area (Å²) in [5.74, 6) is -1.16. The Morgan fingerprint density at radius 3 is 2.36 bits per heavy atom. The molecular weight excluding hydrogens is 463 g/mol. The van der Waals surface area contributed by atoms with Gasteiger partial charge in [0.1, 0.15) is 0 Å². The highest BCUT2D eigenvalue weighted by Gasteiger charge is 2.31. The lowest BCUT2D eigenvalue weighted by molar-refractivity contribution is -0.137. The zero-order chi connectivity index (χ0) is 20.7. The van der Waals surface area contributed by atoms with Crippen LogP contribution in [0.3, 0.4) is 0 Å². The average Bonchev–Trinajstić information content (AvgIpc) is 2.62. The van der Waals surface area contributed by atoms with E-state index in [1.807, 2.05) is 12.1 Å². The monoisotopic (exact) mass is 475 g/mol. The summed E-state index contributed by atoms with van der Waals surface area (Å²) in [6, 6.07) is 9.79. The van der Waals surface area contributed by atoms with Gasteiger partial charge in [-0.1, -0.05) is 39.7 Å². The van der Waals surface area contributed by atoms with Gasteiger partial charge in [0.15, 0.2) is 0 Å². The van der Waals surface area contributed by atoms with Crippen LogP contribution in [0.25, 0.3) is 0 Å². The second-order valence-electron chi connectivity index (χ2n) is 5.59. The number of halogens is 5. The number of hydrogen-bond acceptors (Lipinski definition) is 3. The average molecular weight is 477 g/mol. The highest BCUT2D eigenvalue weighted by Crippen LogP contribution is 2.33. The lowest BCUT2D eigenvalue weighted by Gasteiger charge is -2.11. The molecule has 0 fully saturated rings. The van der Waals surface area contributed by atoms with Crippen molar-refractivity contribution in [2.24, 2.45) is 5.10 Å². The molecule has 28 heavy (non-hydrogen) atoms. The Kier molecular flexibility index (Phi) is 7.59. The fourth-order valence-electron chi connectivity index (χ4n) is 2.02. The summed E-state index contributed by atoms with van der Waals surface area (Å²) in [7, 11) is 0. The van der Waals surface area contributed by atoms with Crippen LogP contribution in [0, 0.1) is 0 Å². The molecule has 0 heterocycles. The van der Waals surface area contributed by atoms with Crippen molar-refractivity contribution in [2.75, 3.05) is 5.32 Å². The lowest BCUT2D eigenvalue weighted by Crippen LogP contribution is -2.21. The number of alkyl halides is 3. The minimum Gasteiger partial charge on any atom is -0.325 e. The van der Waals surface area contributed by atoms with E-state index < -0.39 is 23.6 Å². The Morgan fingerprint density at radius 2 is 1.71 bits per heavy atom. The first-order valence-electron chi connectivity index (χ1n) is 7.89. The number of anilines is 1. The number of rotatable bonds is 6. The fourth-order valence-corrected chi connectivity index (χ4v) is 2.45. The fraction of sp³-hybridized carbons (Fsp3) is 0.167. The molecule has 0 aliphatic carbocycles. The van der Waals surface area contributed by atoms with Gasteiger partial charge in [-0.15, -0.1) is 0 Å². The molecule has 148 valence electrons. The highest BCUT2D eigenvalue weighted by molar-refractivity contribution is 9.10. The quantitative estimate of drug-likeness (QED) is 0.455. The Bertz CT molecular complexity index is 887. The van der Waals surface area contributed by atoms with Crippen LogP contribution in [0.5, 0.6) is 0 Å². The first kappa shape index (κ1) is 21.9. The summed E-state index contributed by atoms with van der Waals surface area (Å²) < 4.78 is 39.1. The normalized spacial score (nSPS) is 11.5. The van der Waals surface area contributed by atoms with E-state index in [0.29, 0.717) is 0 Å². The van der Waals surface area contributed by atoms with E-state index in [2.05, 4.69) is 31.8 Å². The maximum absolute atomic E-state index is 12.7. The largest absolute Gasteiger partial charge is 0.416 e. The van der Waals surface area contributed by atoms with E-state index in [1.54, 1.807) is 12.1 Å². The van der Waals surface area contributed by atoms with Crippen LogP contribution in [-0.2, 0) is 15.8 Å². The topological polar surface area (TPSA) is 70.6 Å². The molecule has 0 aromatic heterocycles. The maximum atomic E-state index is 12.7. The molecule has 0 saturated carbocycles. The molecule has 0 aliphatic heterocycles. The van der Waals surface area contributed by atoms with Crippen molar-refractivity contribution in [3.8, 4) is 0 Å². The number of amides is 2. The summed E-state index contributed by atoms with van der Waals surface area (Å²) in [5.41, 5.74) is 1.92. The first-order valence-corrected chi connectivity index (χ1v) is 9.06. The summed E-state index contributed by atoms with van der Waals surface area (Å²) in [4.78, 5) is 23.6. The number of benzene rings is 2. The number of nitrogens with one attached hydrogen (secondary N) is 2. The molecule has 0 saturated heterocycles. The van der Waals surface area contributed by atoms with Gasteiger partial charge in [0, 0.05) is 17.3 Å². The Morgan fingerprint density at radius 1 is 1.07 bits per heavy atom. The van der Waals surface area contributed by atoms with Gasteiger partial charge in [-0.2, -0.15) is 18.3 Å². The van der Waals surface area contributed by atoms with Crippen molar-refractivity contribution in [2.45, 2.75) is 19.0 Å². The lowest BCUT2D eigenvalue weighted by atomic mass is 10.2. The molecule has 2 rings (SSSR count). The Balaban J connectivity index is 1.83. The van der Waals surface area contributed by atoms with Crippen molar-refractivity contribution in [3.63, 3.8) is 0 Å². The molecular formula is C18H14BrClF3N3O2. The van der Waals surface area contributed by atoms with E-state index in [0.717, 1.165) is 28.2 Å². The second kappa shape index (κ2) is 9.70. The summed E-state index contributed by atoms with van der Waals surface area (Å²) in [6.07, 6.45) is -3.56. The van der Waals surface area contributed by atoms with E-state index in [4.69, 9.17) is 11.6 Å². The van der Waals surface area contributed by atoms with Gasteiger partial charge in [-0.05, 0) is 35.9 Å². The van der Waals surface area contributed by atoms with Crippen molar-refractivity contribution in [1.82, 2.24) is 5.43 Å². The van der Waals surface area contributed by atoms with E-state index in [9.17, 15) is 22.8 Å². The van der Waals surface area contributed by atoms with E-state index >= 15 is 0 Å². The van der Waals surface area contributed by atoms with Crippen LogP contribution in [-0.4, -0.2) is 18.0 Å². The number of carbonyl (C=O) groups is 2. The number of nitrogens with zero attached hydrogens (tertiary/aromatic N) is 1. The van der Waals surface area contributed by atoms with Gasteiger partial charge in [0.25, 0.3) is 0 Å². The molecule has 0 atom stereocenters. The molecule has 2 amide bonds. The van der Waals surface area contributed by atoms with Crippen LogP contribution in [0.15, 0.2) is 52.0 Å². The number of hydrogen-bond donors (Lipinski definition) is 2. The SMILES string of the molecule is O=C(CCC(=O)Nc1cc(C(F)(F)F)ccc1Cl)N/N=C\c1ccc(Br)cc1. The van der Waals surface area contributed by atoms with Gasteiger partial charge in [-0.25, -0.2) is 5.43 Å². The standard InChI is InChI=1S/C18H14BrClF3N3O2/c19-13-4-1-11(2-5-13)10-24-26-17(28)8-7-16(27)25-15-9-12(18(21,22)23)3-6-14(15)20/h1-6,9-10H,7-8H2,(H,25,27)(H,26,28)/b24-10-. The van der Waals surface area contributed by atoms with Crippen LogP contribution < -0.4 is 10.7 Å². The summed E-state index contributed by atoms with van der Waals surface area (Å²) in [6.45, 7) is 0. The maximum Gasteiger partial charge on any atom is 0.416 e. The Labute approximate surface area is 172 Å². The highest BCUT2D eigenvalue weighted by atomic mass is 79.9. The zero-order valence-corrected chi connectivity index (χ0v) is 16.5. The van der Waals surface area contributed by atoms with E-state index in [-0.39, 0.29) is 23.6 Å². The first-order chi connectivity index (χ1) is 13.1. The third-order valence-corrected chi connectivity index (χ3v) is 4.28. The van der Waals surface area contributed by atoms with Gasteiger partial charge in [-0.3, -0.25) is 9.59 Å². The van der Waals surface area contributed by atoms with E-state index in [1.165, 1.54) is 6.21 Å². The van der Waals surface area contributed by atoms with Gasteiger partial charge in [0.2, 0.25) is 11.8 Å². The van der Waals surface area contributed by atoms with Gasteiger partial charge in [0.05, 0.1) is 22.5 Å². The smallest absolute Gasteiger partial charge is 0.325 e. The van der Waals surface area contributed by atoms with Crippen molar-refractivity contribution >= 4 is 51.2 Å². The van der Waals surface area contributed by atoms with Gasteiger partial charge >= 0.3 is 6.18 Å². The predicted molar refractivity (Wildman–Crippen MR) is 104 cm³/mol. The van der Waals surface area contributed by atoms with Crippen LogP contribution in [0.2, 0.25) is 5.02 Å². The molecule has 0 radical (unpaired) electrons. The molecule has 0 aliphatic rings. The molecule has 0 bridgehead atoms. The Hall–Kier alpha value is -2.39. The summed E-state index contributed by atoms with van der Waals surface area (Å²) >= 11 is 9.10. The summed E-state index contributed by atoms with van der Waals surface area (Å²) in [5, 5.41) is 6.00. The zero-order valence-electron chi connectivity index (χ0n) is 14.2. The predicted octanol–water partition coefficient (Wildman–Crippen LogP) is 4.99.